The first-order chi connectivity index (χ1) is 11.5. The molecule has 0 saturated carbocycles. The van der Waals surface area contributed by atoms with Crippen LogP contribution < -0.4 is 5.32 Å². The molecule has 0 bridgehead atoms. The van der Waals surface area contributed by atoms with Crippen LogP contribution in [0.1, 0.15) is 11.1 Å². The van der Waals surface area contributed by atoms with Gasteiger partial charge in [-0.05, 0) is 24.6 Å². The third-order valence-electron chi connectivity index (χ3n) is 4.11. The van der Waals surface area contributed by atoms with E-state index in [2.05, 4.69) is 5.32 Å². The highest BCUT2D eigenvalue weighted by Gasteiger charge is 2.16. The number of nitro benzene ring substituents is 1. The molecule has 6 nitrogen and oxygen atoms in total. The highest BCUT2D eigenvalue weighted by atomic mass is 16.6. The zero-order chi connectivity index (χ0) is 17.3. The molecule has 1 N–H and O–H groups in total. The molecule has 1 amide bonds. The summed E-state index contributed by atoms with van der Waals surface area (Å²) in [5.41, 5.74) is 2.90. The Kier molecular flexibility index (Phi) is 4.04. The molecule has 122 valence electrons. The Balaban J connectivity index is 1.84. The van der Waals surface area contributed by atoms with Gasteiger partial charge in [-0.2, -0.15) is 0 Å². The number of para-hydroxylation sites is 1. The smallest absolute Gasteiger partial charge is 0.274 e. The van der Waals surface area contributed by atoms with Crippen molar-refractivity contribution in [3.63, 3.8) is 0 Å². The summed E-state index contributed by atoms with van der Waals surface area (Å²) in [5, 5.41) is 14.8. The van der Waals surface area contributed by atoms with Gasteiger partial charge in [0.15, 0.2) is 0 Å². The molecule has 1 aromatic heterocycles. The van der Waals surface area contributed by atoms with Crippen LogP contribution in [0.25, 0.3) is 10.9 Å². The standard InChI is InChI=1S/C18H17N3O3/c1-12-15(7-5-9-16(12)21(23)24)19-18(22)10-13-11-20(2)17-8-4-3-6-14(13)17/h3-9,11H,10H2,1-2H3,(H,19,22). The molecule has 24 heavy (non-hydrogen) atoms. The average molecular weight is 323 g/mol. The number of fused-ring (bicyclic) bond motifs is 1. The van der Waals surface area contributed by atoms with Crippen LogP contribution in [-0.2, 0) is 18.3 Å². The second-order valence-electron chi connectivity index (χ2n) is 5.71. The highest BCUT2D eigenvalue weighted by molar-refractivity contribution is 5.96. The van der Waals surface area contributed by atoms with E-state index in [4.69, 9.17) is 0 Å². The Labute approximate surface area is 138 Å². The summed E-state index contributed by atoms with van der Waals surface area (Å²) in [4.78, 5) is 22.9. The van der Waals surface area contributed by atoms with Crippen LogP contribution in [0.3, 0.4) is 0 Å². The van der Waals surface area contributed by atoms with E-state index in [-0.39, 0.29) is 18.0 Å². The topological polar surface area (TPSA) is 77.2 Å². The zero-order valence-electron chi connectivity index (χ0n) is 13.4. The molecule has 6 heteroatoms. The van der Waals surface area contributed by atoms with Crippen molar-refractivity contribution in [2.75, 3.05) is 5.32 Å². The van der Waals surface area contributed by atoms with Gasteiger partial charge in [0.2, 0.25) is 5.91 Å². The lowest BCUT2D eigenvalue weighted by molar-refractivity contribution is -0.385. The Morgan fingerprint density at radius 3 is 2.71 bits per heavy atom. The summed E-state index contributed by atoms with van der Waals surface area (Å²) in [6, 6.07) is 12.5. The first kappa shape index (κ1) is 15.7. The van der Waals surface area contributed by atoms with Gasteiger partial charge in [-0.1, -0.05) is 24.3 Å². The Bertz CT molecular complexity index is 944. The number of hydrogen-bond donors (Lipinski definition) is 1. The molecule has 2 aromatic carbocycles. The average Bonchev–Trinajstić information content (AvgIpc) is 2.86. The second-order valence-corrected chi connectivity index (χ2v) is 5.71. The Morgan fingerprint density at radius 1 is 1.21 bits per heavy atom. The van der Waals surface area contributed by atoms with Gasteiger partial charge in [0.1, 0.15) is 0 Å². The maximum Gasteiger partial charge on any atom is 0.274 e. The van der Waals surface area contributed by atoms with Gasteiger partial charge in [-0.25, -0.2) is 0 Å². The normalized spacial score (nSPS) is 10.8. The van der Waals surface area contributed by atoms with Gasteiger partial charge in [-0.3, -0.25) is 14.9 Å². The molecule has 3 aromatic rings. The van der Waals surface area contributed by atoms with Crippen molar-refractivity contribution < 1.29 is 9.72 Å². The van der Waals surface area contributed by atoms with Crippen molar-refractivity contribution in [3.05, 3.63) is 69.9 Å². The summed E-state index contributed by atoms with van der Waals surface area (Å²) in [7, 11) is 1.94. The monoisotopic (exact) mass is 323 g/mol. The van der Waals surface area contributed by atoms with Crippen LogP contribution in [0.15, 0.2) is 48.7 Å². The first-order valence-electron chi connectivity index (χ1n) is 7.54. The number of amides is 1. The number of anilines is 1. The third kappa shape index (κ3) is 2.86. The van der Waals surface area contributed by atoms with E-state index in [0.29, 0.717) is 11.3 Å². The fraction of sp³-hybridized carbons (Fsp3) is 0.167. The van der Waals surface area contributed by atoms with E-state index < -0.39 is 4.92 Å². The van der Waals surface area contributed by atoms with Crippen LogP contribution in [0.4, 0.5) is 11.4 Å². The summed E-state index contributed by atoms with van der Waals surface area (Å²) in [6.45, 7) is 1.63. The van der Waals surface area contributed by atoms with Gasteiger partial charge >= 0.3 is 0 Å². The SMILES string of the molecule is Cc1c(NC(=O)Cc2cn(C)c3ccccc23)cccc1[N+](=O)[O-]. The summed E-state index contributed by atoms with van der Waals surface area (Å²) in [6.07, 6.45) is 2.15. The molecule has 1 heterocycles. The lowest BCUT2D eigenvalue weighted by Crippen LogP contribution is -2.15. The molecule has 0 unspecified atom stereocenters. The van der Waals surface area contributed by atoms with Crippen molar-refractivity contribution >= 4 is 28.2 Å². The number of hydrogen-bond acceptors (Lipinski definition) is 3. The minimum atomic E-state index is -0.449. The quantitative estimate of drug-likeness (QED) is 0.589. The number of carbonyl (C=O) groups is 1. The number of nitrogens with zero attached hydrogens (tertiary/aromatic N) is 2. The van der Waals surface area contributed by atoms with Crippen LogP contribution in [0, 0.1) is 17.0 Å². The molecular weight excluding hydrogens is 306 g/mol. The van der Waals surface area contributed by atoms with E-state index in [0.717, 1.165) is 16.5 Å². The predicted molar refractivity (Wildman–Crippen MR) is 93.1 cm³/mol. The van der Waals surface area contributed by atoms with Gasteiger partial charge in [-0.15, -0.1) is 0 Å². The van der Waals surface area contributed by atoms with E-state index >= 15 is 0 Å². The number of nitro groups is 1. The fourth-order valence-electron chi connectivity index (χ4n) is 2.89. The molecule has 0 aliphatic carbocycles. The number of rotatable bonds is 4. The van der Waals surface area contributed by atoms with Gasteiger partial charge in [0, 0.05) is 30.2 Å². The molecule has 0 saturated heterocycles. The van der Waals surface area contributed by atoms with Crippen molar-refractivity contribution in [2.45, 2.75) is 13.3 Å². The van der Waals surface area contributed by atoms with E-state index in [1.807, 2.05) is 42.1 Å². The summed E-state index contributed by atoms with van der Waals surface area (Å²) in [5.74, 6) is -0.199. The van der Waals surface area contributed by atoms with Crippen LogP contribution in [0.2, 0.25) is 0 Å². The molecule has 0 fully saturated rings. The largest absolute Gasteiger partial charge is 0.350 e. The molecule has 0 radical (unpaired) electrons. The second kappa shape index (κ2) is 6.16. The van der Waals surface area contributed by atoms with Crippen molar-refractivity contribution in [2.24, 2.45) is 7.05 Å². The lowest BCUT2D eigenvalue weighted by Gasteiger charge is -2.08. The van der Waals surface area contributed by atoms with E-state index in [9.17, 15) is 14.9 Å². The zero-order valence-corrected chi connectivity index (χ0v) is 13.4. The Morgan fingerprint density at radius 2 is 1.96 bits per heavy atom. The predicted octanol–water partition coefficient (Wildman–Crippen LogP) is 3.58. The summed E-state index contributed by atoms with van der Waals surface area (Å²) < 4.78 is 1.98. The number of aryl methyl sites for hydroxylation is 1. The minimum Gasteiger partial charge on any atom is -0.350 e. The lowest BCUT2D eigenvalue weighted by atomic mass is 10.1. The molecule has 0 aliphatic rings. The third-order valence-corrected chi connectivity index (χ3v) is 4.11. The van der Waals surface area contributed by atoms with Crippen LogP contribution in [-0.4, -0.2) is 15.4 Å². The highest BCUT2D eigenvalue weighted by Crippen LogP contribution is 2.26. The van der Waals surface area contributed by atoms with Crippen LogP contribution >= 0.6 is 0 Å². The number of carbonyl (C=O) groups excluding carboxylic acids is 1. The van der Waals surface area contributed by atoms with Gasteiger partial charge < -0.3 is 9.88 Å². The summed E-state index contributed by atoms with van der Waals surface area (Å²) >= 11 is 0. The molecule has 0 aliphatic heterocycles. The Hall–Kier alpha value is -3.15. The van der Waals surface area contributed by atoms with Crippen molar-refractivity contribution in [1.82, 2.24) is 4.57 Å². The fourth-order valence-corrected chi connectivity index (χ4v) is 2.89. The molecule has 3 rings (SSSR count). The number of nitrogens with one attached hydrogen (secondary N) is 1. The van der Waals surface area contributed by atoms with Crippen molar-refractivity contribution in [1.29, 1.82) is 0 Å². The maximum absolute atomic E-state index is 12.4. The molecule has 0 atom stereocenters. The molecule has 0 spiro atoms. The van der Waals surface area contributed by atoms with Crippen LogP contribution in [0.5, 0.6) is 0 Å². The maximum atomic E-state index is 12.4. The number of aromatic nitrogens is 1. The van der Waals surface area contributed by atoms with E-state index in [1.165, 1.54) is 6.07 Å². The van der Waals surface area contributed by atoms with Gasteiger partial charge in [0.25, 0.3) is 5.69 Å². The van der Waals surface area contributed by atoms with E-state index in [1.54, 1.807) is 19.1 Å². The number of benzene rings is 2. The minimum absolute atomic E-state index is 0.00189. The molecular formula is C18H17N3O3. The van der Waals surface area contributed by atoms with Gasteiger partial charge in [0.05, 0.1) is 22.6 Å². The first-order valence-corrected chi connectivity index (χ1v) is 7.54. The van der Waals surface area contributed by atoms with Crippen molar-refractivity contribution in [3.8, 4) is 0 Å².